The molecule has 0 aliphatic carbocycles. The van der Waals surface area contributed by atoms with E-state index in [4.69, 9.17) is 9.47 Å². The standard InChI is InChI=1S/C21H20N2O4/c1-3-11-23-18-13-16(7-10-19(18)27-14-20(23)24)22-21(25)15-5-8-17(9-6-15)26-12-4-2/h3-10,13H,1-2,11-12,14H2,(H,22,25). The van der Waals surface area contributed by atoms with Crippen LogP contribution in [0.1, 0.15) is 10.4 Å². The van der Waals surface area contributed by atoms with Crippen molar-refractivity contribution in [3.8, 4) is 11.5 Å². The summed E-state index contributed by atoms with van der Waals surface area (Å²) in [6, 6.07) is 12.0. The average Bonchev–Trinajstić information content (AvgIpc) is 2.69. The Morgan fingerprint density at radius 3 is 2.67 bits per heavy atom. The minimum Gasteiger partial charge on any atom is -0.490 e. The number of hydrogen-bond acceptors (Lipinski definition) is 4. The van der Waals surface area contributed by atoms with Gasteiger partial charge in [0.25, 0.3) is 11.8 Å². The summed E-state index contributed by atoms with van der Waals surface area (Å²) >= 11 is 0. The lowest BCUT2D eigenvalue weighted by molar-refractivity contribution is -0.121. The van der Waals surface area contributed by atoms with Gasteiger partial charge in [-0.3, -0.25) is 9.59 Å². The normalized spacial score (nSPS) is 12.6. The number of carbonyl (C=O) groups excluding carboxylic acids is 2. The lowest BCUT2D eigenvalue weighted by Gasteiger charge is -2.28. The van der Waals surface area contributed by atoms with Gasteiger partial charge in [0.1, 0.15) is 18.1 Å². The van der Waals surface area contributed by atoms with Crippen molar-refractivity contribution in [1.29, 1.82) is 0 Å². The largest absolute Gasteiger partial charge is 0.490 e. The van der Waals surface area contributed by atoms with Crippen LogP contribution in [-0.4, -0.2) is 31.6 Å². The van der Waals surface area contributed by atoms with Gasteiger partial charge in [-0.25, -0.2) is 0 Å². The second-order valence-corrected chi connectivity index (χ2v) is 5.84. The lowest BCUT2D eigenvalue weighted by Crippen LogP contribution is -2.38. The molecule has 0 saturated heterocycles. The molecule has 0 spiro atoms. The molecule has 0 atom stereocenters. The fourth-order valence-electron chi connectivity index (χ4n) is 2.67. The van der Waals surface area contributed by atoms with Crippen LogP contribution in [0.3, 0.4) is 0 Å². The molecule has 0 fully saturated rings. The Morgan fingerprint density at radius 2 is 1.96 bits per heavy atom. The van der Waals surface area contributed by atoms with Crippen LogP contribution in [0, 0.1) is 0 Å². The summed E-state index contributed by atoms with van der Waals surface area (Å²) in [6.07, 6.45) is 3.30. The minimum atomic E-state index is -0.261. The Morgan fingerprint density at radius 1 is 1.19 bits per heavy atom. The molecule has 6 nitrogen and oxygen atoms in total. The molecule has 3 rings (SSSR count). The van der Waals surface area contributed by atoms with Crippen molar-refractivity contribution < 1.29 is 19.1 Å². The number of ether oxygens (including phenoxy) is 2. The van der Waals surface area contributed by atoms with Crippen molar-refractivity contribution >= 4 is 23.2 Å². The maximum absolute atomic E-state index is 12.5. The number of nitrogens with one attached hydrogen (secondary N) is 1. The summed E-state index contributed by atoms with van der Waals surface area (Å²) in [5.41, 5.74) is 1.67. The van der Waals surface area contributed by atoms with E-state index in [1.807, 2.05) is 0 Å². The Balaban J connectivity index is 1.75. The monoisotopic (exact) mass is 364 g/mol. The summed E-state index contributed by atoms with van der Waals surface area (Å²) < 4.78 is 10.8. The molecule has 138 valence electrons. The molecule has 6 heteroatoms. The van der Waals surface area contributed by atoms with Crippen molar-refractivity contribution in [3.63, 3.8) is 0 Å². The SMILES string of the molecule is C=CCOc1ccc(C(=O)Nc2ccc3c(c2)N(CC=C)C(=O)CO3)cc1. The molecular formula is C21H20N2O4. The molecule has 2 amide bonds. The van der Waals surface area contributed by atoms with Gasteiger partial charge >= 0.3 is 0 Å². The van der Waals surface area contributed by atoms with Crippen LogP contribution in [0.15, 0.2) is 67.8 Å². The van der Waals surface area contributed by atoms with Crippen molar-refractivity contribution in [3.05, 3.63) is 73.3 Å². The van der Waals surface area contributed by atoms with E-state index in [9.17, 15) is 9.59 Å². The first-order valence-corrected chi connectivity index (χ1v) is 8.45. The van der Waals surface area contributed by atoms with E-state index in [-0.39, 0.29) is 18.4 Å². The van der Waals surface area contributed by atoms with E-state index in [1.165, 1.54) is 0 Å². The number of fused-ring (bicyclic) bond motifs is 1. The van der Waals surface area contributed by atoms with Crippen molar-refractivity contribution in [1.82, 2.24) is 0 Å². The average molecular weight is 364 g/mol. The van der Waals surface area contributed by atoms with Gasteiger partial charge in [-0.05, 0) is 42.5 Å². The third kappa shape index (κ3) is 4.17. The zero-order valence-electron chi connectivity index (χ0n) is 14.8. The van der Waals surface area contributed by atoms with Crippen LogP contribution in [-0.2, 0) is 4.79 Å². The molecule has 0 saturated carbocycles. The van der Waals surface area contributed by atoms with Gasteiger partial charge in [-0.15, -0.1) is 6.58 Å². The third-order valence-corrected chi connectivity index (χ3v) is 3.96. The van der Waals surface area contributed by atoms with Gasteiger partial charge in [-0.1, -0.05) is 18.7 Å². The lowest BCUT2D eigenvalue weighted by atomic mass is 10.1. The number of nitrogens with zero attached hydrogens (tertiary/aromatic N) is 1. The van der Waals surface area contributed by atoms with Gasteiger partial charge < -0.3 is 19.7 Å². The van der Waals surface area contributed by atoms with Crippen LogP contribution < -0.4 is 19.7 Å². The number of carbonyl (C=O) groups is 2. The summed E-state index contributed by atoms with van der Waals surface area (Å²) in [5, 5.41) is 2.83. The van der Waals surface area contributed by atoms with Gasteiger partial charge in [0.05, 0.1) is 5.69 Å². The van der Waals surface area contributed by atoms with Crippen LogP contribution in [0.4, 0.5) is 11.4 Å². The molecule has 27 heavy (non-hydrogen) atoms. The summed E-state index contributed by atoms with van der Waals surface area (Å²) in [7, 11) is 0. The molecule has 2 aromatic rings. The van der Waals surface area contributed by atoms with Crippen molar-refractivity contribution in [2.45, 2.75) is 0 Å². The Hall–Kier alpha value is -3.54. The Kier molecular flexibility index (Phi) is 5.56. The predicted octanol–water partition coefficient (Wildman–Crippen LogP) is 3.42. The second kappa shape index (κ2) is 8.23. The van der Waals surface area contributed by atoms with E-state index in [0.29, 0.717) is 41.6 Å². The molecule has 0 aromatic heterocycles. The highest BCUT2D eigenvalue weighted by Crippen LogP contribution is 2.34. The smallest absolute Gasteiger partial charge is 0.265 e. The highest BCUT2D eigenvalue weighted by Gasteiger charge is 2.25. The third-order valence-electron chi connectivity index (χ3n) is 3.96. The molecule has 1 N–H and O–H groups in total. The summed E-state index contributed by atoms with van der Waals surface area (Å²) in [4.78, 5) is 26.1. The topological polar surface area (TPSA) is 67.9 Å². The molecular weight excluding hydrogens is 344 g/mol. The summed E-state index contributed by atoms with van der Waals surface area (Å²) in [6.45, 7) is 8.04. The number of amides is 2. The Bertz CT molecular complexity index is 874. The zero-order valence-corrected chi connectivity index (χ0v) is 14.8. The first-order valence-electron chi connectivity index (χ1n) is 8.45. The zero-order chi connectivity index (χ0) is 19.2. The molecule has 1 heterocycles. The van der Waals surface area contributed by atoms with Gasteiger partial charge in [0, 0.05) is 17.8 Å². The molecule has 0 bridgehead atoms. The van der Waals surface area contributed by atoms with Crippen molar-refractivity contribution in [2.24, 2.45) is 0 Å². The van der Waals surface area contributed by atoms with Gasteiger partial charge in [0.2, 0.25) is 0 Å². The fraction of sp³-hybridized carbons (Fsp3) is 0.143. The summed E-state index contributed by atoms with van der Waals surface area (Å²) in [5.74, 6) is 0.846. The molecule has 2 aromatic carbocycles. The maximum atomic E-state index is 12.5. The molecule has 1 aliphatic heterocycles. The number of anilines is 2. The first-order chi connectivity index (χ1) is 13.1. The fourth-order valence-corrected chi connectivity index (χ4v) is 2.67. The van der Waals surface area contributed by atoms with Gasteiger partial charge in [-0.2, -0.15) is 0 Å². The number of benzene rings is 2. The minimum absolute atomic E-state index is 0.00712. The highest BCUT2D eigenvalue weighted by atomic mass is 16.5. The number of rotatable bonds is 7. The van der Waals surface area contributed by atoms with Crippen LogP contribution in [0.5, 0.6) is 11.5 Å². The predicted molar refractivity (Wildman–Crippen MR) is 105 cm³/mol. The van der Waals surface area contributed by atoms with E-state index in [2.05, 4.69) is 18.5 Å². The van der Waals surface area contributed by atoms with Crippen molar-refractivity contribution in [2.75, 3.05) is 30.0 Å². The quantitative estimate of drug-likeness (QED) is 0.765. The van der Waals surface area contributed by atoms with Crippen LogP contribution >= 0.6 is 0 Å². The first kappa shape index (κ1) is 18.3. The molecule has 0 unspecified atom stereocenters. The van der Waals surface area contributed by atoms with Crippen LogP contribution in [0.2, 0.25) is 0 Å². The van der Waals surface area contributed by atoms with E-state index in [1.54, 1.807) is 59.5 Å². The van der Waals surface area contributed by atoms with E-state index < -0.39 is 0 Å². The maximum Gasteiger partial charge on any atom is 0.265 e. The van der Waals surface area contributed by atoms with Crippen LogP contribution in [0.25, 0.3) is 0 Å². The molecule has 1 aliphatic rings. The highest BCUT2D eigenvalue weighted by molar-refractivity contribution is 6.05. The Labute approximate surface area is 157 Å². The van der Waals surface area contributed by atoms with E-state index >= 15 is 0 Å². The second-order valence-electron chi connectivity index (χ2n) is 5.84. The molecule has 0 radical (unpaired) electrons. The number of hydrogen-bond donors (Lipinski definition) is 1. The van der Waals surface area contributed by atoms with E-state index in [0.717, 1.165) is 0 Å². The van der Waals surface area contributed by atoms with Gasteiger partial charge in [0.15, 0.2) is 6.61 Å².